The minimum atomic E-state index is -3.10. The van der Waals surface area contributed by atoms with Crippen LogP contribution in [0.5, 0.6) is 5.75 Å². The number of rotatable bonds is 9. The highest BCUT2D eigenvalue weighted by Crippen LogP contribution is 2.34. The minimum Gasteiger partial charge on any atom is -0.497 e. The molecule has 286 valence electrons. The second-order valence-corrected chi connectivity index (χ2v) is 22.2. The standard InChI is InChI=1S/C20H27ClO3S.C13H24O3S.C7H7ClO/c1-20(2,3)25(23,24)14-16-7-10-17(11-8-16)19(22)12-9-15-5-4-6-18(21)13-15;1-10(14)12-7-5-11(6-8-12)9-17(15,16)13(2,3)4;1-9-7-4-2-3-6(8)5-7/h4-6,9,12-13,16-17H,7-8,10-11,14H2,1-3H3;11-12H,5-9H2,1-4H3;2-5H,1H3/b12-9+;;. The van der Waals surface area contributed by atoms with Gasteiger partial charge in [-0.25, -0.2) is 16.8 Å². The van der Waals surface area contributed by atoms with Crippen molar-refractivity contribution in [3.63, 3.8) is 0 Å². The average Bonchev–Trinajstić information content (AvgIpc) is 3.03. The van der Waals surface area contributed by atoms with Gasteiger partial charge in [0.05, 0.1) is 28.1 Å². The van der Waals surface area contributed by atoms with E-state index in [0.29, 0.717) is 10.0 Å². The van der Waals surface area contributed by atoms with Gasteiger partial charge in [0.25, 0.3) is 0 Å². The molecular formula is C40H58Cl2O7S2. The van der Waals surface area contributed by atoms with Crippen LogP contribution in [-0.4, -0.2) is 56.5 Å². The molecule has 0 unspecified atom stereocenters. The van der Waals surface area contributed by atoms with Gasteiger partial charge in [-0.2, -0.15) is 0 Å². The summed E-state index contributed by atoms with van der Waals surface area (Å²) in [6, 6.07) is 14.7. The van der Waals surface area contributed by atoms with Crippen molar-refractivity contribution in [2.45, 2.75) is 109 Å². The molecule has 2 aromatic carbocycles. The zero-order valence-electron chi connectivity index (χ0n) is 31.6. The van der Waals surface area contributed by atoms with Gasteiger partial charge in [-0.1, -0.05) is 47.5 Å². The molecule has 0 saturated heterocycles. The normalized spacial score (nSPS) is 21.5. The lowest BCUT2D eigenvalue weighted by Crippen LogP contribution is -2.34. The fourth-order valence-corrected chi connectivity index (χ4v) is 9.28. The molecule has 0 amide bonds. The van der Waals surface area contributed by atoms with Crippen LogP contribution in [0, 0.1) is 23.7 Å². The molecule has 2 saturated carbocycles. The first-order valence-electron chi connectivity index (χ1n) is 17.8. The summed E-state index contributed by atoms with van der Waals surface area (Å²) in [6.45, 7) is 12.1. The fourth-order valence-electron chi connectivity index (χ4n) is 5.99. The van der Waals surface area contributed by atoms with Crippen molar-refractivity contribution >= 4 is 60.5 Å². The van der Waals surface area contributed by atoms with E-state index in [2.05, 4.69) is 0 Å². The highest BCUT2D eigenvalue weighted by molar-refractivity contribution is 7.93. The third-order valence-corrected chi connectivity index (χ3v) is 15.8. The summed E-state index contributed by atoms with van der Waals surface area (Å²) in [4.78, 5) is 23.6. The van der Waals surface area contributed by atoms with Gasteiger partial charge < -0.3 is 4.74 Å². The second-order valence-electron chi connectivity index (χ2n) is 15.8. The summed E-state index contributed by atoms with van der Waals surface area (Å²) in [5, 5.41) is 1.35. The molecular weight excluding hydrogens is 727 g/mol. The Morgan fingerprint density at radius 3 is 1.51 bits per heavy atom. The number of Topliss-reactive ketones (excluding diaryl/α,β-unsaturated/α-hetero) is 1. The maximum atomic E-state index is 12.4. The summed E-state index contributed by atoms with van der Waals surface area (Å²) in [5.41, 5.74) is 0.908. The Morgan fingerprint density at radius 2 is 1.14 bits per heavy atom. The average molecular weight is 786 g/mol. The molecule has 2 aliphatic carbocycles. The number of sulfone groups is 2. The smallest absolute Gasteiger partial charge is 0.158 e. The topological polar surface area (TPSA) is 112 Å². The van der Waals surface area contributed by atoms with Crippen molar-refractivity contribution < 1.29 is 31.2 Å². The second kappa shape index (κ2) is 19.8. The maximum absolute atomic E-state index is 12.4. The summed E-state index contributed by atoms with van der Waals surface area (Å²) in [6.07, 6.45) is 10.0. The van der Waals surface area contributed by atoms with E-state index in [0.717, 1.165) is 62.7 Å². The largest absolute Gasteiger partial charge is 0.497 e. The highest BCUT2D eigenvalue weighted by Gasteiger charge is 2.35. The molecule has 0 radical (unpaired) electrons. The molecule has 2 aliphatic rings. The quantitative estimate of drug-likeness (QED) is 0.233. The SMILES string of the molecule is CC(=O)C1CCC(CS(=O)(=O)C(C)(C)C)CC1.CC(C)(C)S(=O)(=O)CC1CCC(C(=O)/C=C/c2cccc(Cl)c2)CC1.COc1cccc(Cl)c1. The lowest BCUT2D eigenvalue weighted by molar-refractivity contribution is -0.122. The van der Waals surface area contributed by atoms with Gasteiger partial charge in [0.1, 0.15) is 11.5 Å². The van der Waals surface area contributed by atoms with Crippen molar-refractivity contribution in [2.24, 2.45) is 23.7 Å². The summed E-state index contributed by atoms with van der Waals surface area (Å²) < 4.78 is 52.3. The Hall–Kier alpha value is -2.20. The molecule has 0 aromatic heterocycles. The van der Waals surface area contributed by atoms with Crippen molar-refractivity contribution in [2.75, 3.05) is 18.6 Å². The Bertz CT molecular complexity index is 1670. The summed E-state index contributed by atoms with van der Waals surface area (Å²) in [7, 11) is -4.50. The number of hydrogen-bond acceptors (Lipinski definition) is 7. The Labute approximate surface area is 317 Å². The number of methoxy groups -OCH3 is 1. The van der Waals surface area contributed by atoms with Crippen molar-refractivity contribution in [3.8, 4) is 5.75 Å². The van der Waals surface area contributed by atoms with E-state index < -0.39 is 29.2 Å². The van der Waals surface area contributed by atoms with Gasteiger partial charge in [-0.15, -0.1) is 0 Å². The molecule has 7 nitrogen and oxygen atoms in total. The van der Waals surface area contributed by atoms with Crippen molar-refractivity contribution in [3.05, 3.63) is 70.2 Å². The predicted octanol–water partition coefficient (Wildman–Crippen LogP) is 9.89. The molecule has 0 heterocycles. The van der Waals surface area contributed by atoms with E-state index in [4.69, 9.17) is 27.9 Å². The maximum Gasteiger partial charge on any atom is 0.158 e. The number of benzene rings is 2. The zero-order valence-corrected chi connectivity index (χ0v) is 34.7. The molecule has 51 heavy (non-hydrogen) atoms. The molecule has 0 spiro atoms. The molecule has 11 heteroatoms. The molecule has 4 rings (SSSR count). The lowest BCUT2D eigenvalue weighted by Gasteiger charge is -2.29. The van der Waals surface area contributed by atoms with Gasteiger partial charge in [0.15, 0.2) is 25.5 Å². The number of halogens is 2. The first kappa shape index (κ1) is 45.0. The van der Waals surface area contributed by atoms with Gasteiger partial charge in [0.2, 0.25) is 0 Å². The van der Waals surface area contributed by atoms with Crippen LogP contribution in [-0.2, 0) is 29.3 Å². The third-order valence-electron chi connectivity index (χ3n) is 9.77. The Kier molecular flexibility index (Phi) is 17.4. The van der Waals surface area contributed by atoms with Crippen molar-refractivity contribution in [1.82, 2.24) is 0 Å². The minimum absolute atomic E-state index is 0.00373. The van der Waals surface area contributed by atoms with Crippen LogP contribution >= 0.6 is 23.2 Å². The summed E-state index contributed by atoms with van der Waals surface area (Å²) in [5.74, 6) is 2.27. The predicted molar refractivity (Wildman–Crippen MR) is 212 cm³/mol. The number of allylic oxidation sites excluding steroid dienone is 1. The zero-order chi connectivity index (χ0) is 38.6. The van der Waals surface area contributed by atoms with Crippen LogP contribution in [0.2, 0.25) is 10.0 Å². The number of ether oxygens (including phenoxy) is 1. The van der Waals surface area contributed by atoms with Crippen LogP contribution in [0.25, 0.3) is 6.08 Å². The van der Waals surface area contributed by atoms with Gasteiger partial charge >= 0.3 is 0 Å². The van der Waals surface area contributed by atoms with Gasteiger partial charge in [-0.05, 0) is 154 Å². The monoisotopic (exact) mass is 784 g/mol. The van der Waals surface area contributed by atoms with Crippen LogP contribution in [0.15, 0.2) is 54.6 Å². The fraction of sp³-hybridized carbons (Fsp3) is 0.600. The van der Waals surface area contributed by atoms with E-state index in [1.807, 2.05) is 36.4 Å². The van der Waals surface area contributed by atoms with Gasteiger partial charge in [0, 0.05) is 21.9 Å². The van der Waals surface area contributed by atoms with E-state index in [-0.39, 0.29) is 46.7 Å². The van der Waals surface area contributed by atoms with Crippen LogP contribution in [0.1, 0.15) is 105 Å². The molecule has 0 atom stereocenters. The number of carbonyl (C=O) groups excluding carboxylic acids is 2. The first-order valence-corrected chi connectivity index (χ1v) is 21.8. The van der Waals surface area contributed by atoms with E-state index in [9.17, 15) is 26.4 Å². The lowest BCUT2D eigenvalue weighted by atomic mass is 9.80. The van der Waals surface area contributed by atoms with Gasteiger partial charge in [-0.3, -0.25) is 9.59 Å². The highest BCUT2D eigenvalue weighted by atomic mass is 35.5. The molecule has 0 N–H and O–H groups in total. The van der Waals surface area contributed by atoms with Crippen LogP contribution in [0.3, 0.4) is 0 Å². The van der Waals surface area contributed by atoms with E-state index in [1.165, 1.54) is 0 Å². The Balaban J connectivity index is 0.000000297. The van der Waals surface area contributed by atoms with E-state index in [1.54, 1.807) is 79.9 Å². The Morgan fingerprint density at radius 1 is 0.706 bits per heavy atom. The molecule has 0 bridgehead atoms. The number of hydrogen-bond donors (Lipinski definition) is 0. The van der Waals surface area contributed by atoms with Crippen molar-refractivity contribution in [1.29, 1.82) is 0 Å². The third kappa shape index (κ3) is 15.4. The summed E-state index contributed by atoms with van der Waals surface area (Å²) >= 11 is 11.6. The first-order chi connectivity index (χ1) is 23.5. The molecule has 2 fully saturated rings. The number of ketones is 2. The van der Waals surface area contributed by atoms with Crippen LogP contribution in [0.4, 0.5) is 0 Å². The molecule has 2 aromatic rings. The molecule has 0 aliphatic heterocycles. The van der Waals surface area contributed by atoms with Crippen LogP contribution < -0.4 is 4.74 Å². The van der Waals surface area contributed by atoms with E-state index >= 15 is 0 Å². The number of carbonyl (C=O) groups is 2.